The van der Waals surface area contributed by atoms with Crippen LogP contribution in [0.1, 0.15) is 0 Å². The number of halogens is 1. The SMILES string of the molecule is CNc1ccc2nc3ccccc3[n+](C)c2c1O[Cl+3]([O-])([O-])[O-]. The molecule has 22 heavy (non-hydrogen) atoms. The number of hydrogen-bond acceptors (Lipinski definition) is 6. The molecule has 0 aliphatic rings. The van der Waals surface area contributed by atoms with Gasteiger partial charge in [0.05, 0.1) is 0 Å². The van der Waals surface area contributed by atoms with Crippen molar-refractivity contribution in [3.05, 3.63) is 36.4 Å². The zero-order valence-electron chi connectivity index (χ0n) is 11.9. The van der Waals surface area contributed by atoms with Crippen LogP contribution in [-0.2, 0) is 7.05 Å². The summed E-state index contributed by atoms with van der Waals surface area (Å²) in [4.78, 5) is 4.48. The molecule has 0 aliphatic heterocycles. The minimum absolute atomic E-state index is 0.0718. The van der Waals surface area contributed by atoms with Gasteiger partial charge in [0.2, 0.25) is 5.52 Å². The van der Waals surface area contributed by atoms with E-state index >= 15 is 0 Å². The first kappa shape index (κ1) is 14.7. The van der Waals surface area contributed by atoms with Crippen molar-refractivity contribution in [2.45, 2.75) is 0 Å². The molecule has 1 aromatic heterocycles. The Labute approximate surface area is 128 Å². The highest BCUT2D eigenvalue weighted by atomic mass is 35.7. The van der Waals surface area contributed by atoms with Crippen LogP contribution in [0.4, 0.5) is 5.69 Å². The molecule has 0 saturated heterocycles. The van der Waals surface area contributed by atoms with Gasteiger partial charge in [-0.3, -0.25) is 0 Å². The Morgan fingerprint density at radius 2 is 1.82 bits per heavy atom. The number of benzene rings is 2. The van der Waals surface area contributed by atoms with Crippen LogP contribution in [0.2, 0.25) is 0 Å². The Morgan fingerprint density at radius 1 is 1.09 bits per heavy atom. The quantitative estimate of drug-likeness (QED) is 0.466. The molecular weight excluding hydrogens is 310 g/mol. The summed E-state index contributed by atoms with van der Waals surface area (Å²) in [7, 11) is -1.25. The predicted octanol–water partition coefficient (Wildman–Crippen LogP) is -1.47. The van der Waals surface area contributed by atoms with Gasteiger partial charge in [-0.1, -0.05) is 16.4 Å². The maximum absolute atomic E-state index is 11.0. The molecule has 1 heterocycles. The first-order chi connectivity index (χ1) is 10.4. The molecule has 3 rings (SSSR count). The first-order valence-corrected chi connectivity index (χ1v) is 7.64. The van der Waals surface area contributed by atoms with E-state index in [2.05, 4.69) is 14.6 Å². The maximum atomic E-state index is 11.0. The molecule has 7 nitrogen and oxygen atoms in total. The van der Waals surface area contributed by atoms with Crippen molar-refractivity contribution in [3.8, 4) is 5.75 Å². The number of nitrogens with zero attached hydrogens (tertiary/aromatic N) is 2. The van der Waals surface area contributed by atoms with E-state index in [1.54, 1.807) is 30.8 Å². The normalized spacial score (nSPS) is 11.9. The minimum Gasteiger partial charge on any atom is -0.384 e. The molecule has 114 valence electrons. The first-order valence-electron chi connectivity index (χ1n) is 6.40. The van der Waals surface area contributed by atoms with Crippen LogP contribution in [-0.4, -0.2) is 12.0 Å². The lowest BCUT2D eigenvalue weighted by molar-refractivity contribution is -1.91. The summed E-state index contributed by atoms with van der Waals surface area (Å²) in [6.45, 7) is 0. The van der Waals surface area contributed by atoms with E-state index in [1.165, 1.54) is 0 Å². The third-order valence-electron chi connectivity index (χ3n) is 3.37. The molecule has 1 N–H and O–H groups in total. The van der Waals surface area contributed by atoms with Gasteiger partial charge in [0, 0.05) is 13.1 Å². The van der Waals surface area contributed by atoms with Gasteiger partial charge in [0.15, 0.2) is 0 Å². The van der Waals surface area contributed by atoms with Crippen molar-refractivity contribution >= 4 is 27.8 Å². The van der Waals surface area contributed by atoms with E-state index in [1.807, 2.05) is 24.3 Å². The number of rotatable bonds is 3. The van der Waals surface area contributed by atoms with Crippen molar-refractivity contribution in [2.75, 3.05) is 12.4 Å². The molecule has 0 saturated carbocycles. The fourth-order valence-corrected chi connectivity index (χ4v) is 2.78. The lowest BCUT2D eigenvalue weighted by Crippen LogP contribution is -2.63. The van der Waals surface area contributed by atoms with Crippen LogP contribution in [0.3, 0.4) is 0 Å². The lowest BCUT2D eigenvalue weighted by atomic mass is 10.2. The molecule has 0 bridgehead atoms. The number of aryl methyl sites for hydroxylation is 1. The van der Waals surface area contributed by atoms with Gasteiger partial charge in [0.1, 0.15) is 34.0 Å². The van der Waals surface area contributed by atoms with Crippen LogP contribution in [0.5, 0.6) is 5.75 Å². The molecule has 0 unspecified atom stereocenters. The molecule has 0 spiro atoms. The Balaban J connectivity index is 2.41. The second kappa shape index (κ2) is 5.22. The second-order valence-corrected chi connectivity index (χ2v) is 5.58. The summed E-state index contributed by atoms with van der Waals surface area (Å²) in [5.41, 5.74) is 2.86. The van der Waals surface area contributed by atoms with Gasteiger partial charge in [-0.25, -0.2) is 4.98 Å². The highest BCUT2D eigenvalue weighted by molar-refractivity contribution is 5.89. The van der Waals surface area contributed by atoms with E-state index < -0.39 is 10.2 Å². The number of fused-ring (bicyclic) bond motifs is 2. The van der Waals surface area contributed by atoms with Crippen LogP contribution in [0.25, 0.3) is 22.1 Å². The standard InChI is InChI=1S/C14H12ClN3O4/c1-16-11-8-7-10-13(14(11)22-15(19,20)21)18(2)12-6-4-3-5-9(12)17-10/h3-8H,1-2H3/p+1. The highest BCUT2D eigenvalue weighted by Crippen LogP contribution is 2.32. The van der Waals surface area contributed by atoms with Gasteiger partial charge in [-0.05, 0) is 18.2 Å². The lowest BCUT2D eigenvalue weighted by Gasteiger charge is -2.14. The van der Waals surface area contributed by atoms with Crippen molar-refractivity contribution in [1.29, 1.82) is 0 Å². The number of para-hydroxylation sites is 2. The summed E-state index contributed by atoms with van der Waals surface area (Å²) < 4.78 is 39.5. The smallest absolute Gasteiger partial charge is 0.383 e. The Hall–Kier alpha value is -2.19. The van der Waals surface area contributed by atoms with Gasteiger partial charge >= 0.3 is 5.75 Å². The molecular formula is C14H13ClN3O4+. The monoisotopic (exact) mass is 322 g/mol. The zero-order valence-corrected chi connectivity index (χ0v) is 12.6. The van der Waals surface area contributed by atoms with Gasteiger partial charge in [-0.15, -0.1) is 0 Å². The van der Waals surface area contributed by atoms with Crippen molar-refractivity contribution in [2.24, 2.45) is 7.05 Å². The number of hydrogen-bond donors (Lipinski definition) is 1. The molecule has 0 atom stereocenters. The summed E-state index contributed by atoms with van der Waals surface area (Å²) >= 11 is 0. The largest absolute Gasteiger partial charge is 0.384 e. The van der Waals surface area contributed by atoms with Gasteiger partial charge < -0.3 is 5.32 Å². The number of aromatic nitrogens is 2. The molecule has 0 radical (unpaired) electrons. The summed E-state index contributed by atoms with van der Waals surface area (Å²) in [6, 6.07) is 10.8. The third-order valence-corrected chi connectivity index (χ3v) is 3.71. The van der Waals surface area contributed by atoms with E-state index in [0.29, 0.717) is 16.7 Å². The van der Waals surface area contributed by atoms with E-state index in [9.17, 15) is 14.0 Å². The van der Waals surface area contributed by atoms with Crippen molar-refractivity contribution in [1.82, 2.24) is 4.98 Å². The molecule has 2 aromatic carbocycles. The summed E-state index contributed by atoms with van der Waals surface area (Å²) in [5.74, 6) is -0.0718. The highest BCUT2D eigenvalue weighted by Gasteiger charge is 2.31. The second-order valence-electron chi connectivity index (χ2n) is 4.67. The number of anilines is 1. The minimum atomic E-state index is -4.61. The van der Waals surface area contributed by atoms with Crippen molar-refractivity contribution in [3.63, 3.8) is 0 Å². The summed E-state index contributed by atoms with van der Waals surface area (Å²) in [6.07, 6.45) is 0. The Bertz CT molecular complexity index is 864. The van der Waals surface area contributed by atoms with E-state index in [4.69, 9.17) is 0 Å². The third kappa shape index (κ3) is 2.51. The molecule has 0 aliphatic carbocycles. The average molecular weight is 323 g/mol. The topological polar surface area (TPSA) is 107 Å². The number of nitrogens with one attached hydrogen (secondary N) is 1. The molecule has 0 amide bonds. The Morgan fingerprint density at radius 3 is 2.50 bits per heavy atom. The summed E-state index contributed by atoms with van der Waals surface area (Å²) in [5, 5.41) is 2.81. The molecule has 8 heteroatoms. The molecule has 3 aromatic rings. The van der Waals surface area contributed by atoms with Gasteiger partial charge in [0.25, 0.3) is 5.52 Å². The van der Waals surface area contributed by atoms with Crippen LogP contribution in [0, 0.1) is 10.2 Å². The maximum Gasteiger partial charge on any atom is 0.383 e. The van der Waals surface area contributed by atoms with Crippen molar-refractivity contribution < 1.29 is 33.1 Å². The fourth-order valence-electron chi connectivity index (χ4n) is 2.44. The fraction of sp³-hybridized carbons (Fsp3) is 0.143. The van der Waals surface area contributed by atoms with Crippen LogP contribution < -0.4 is 28.2 Å². The van der Waals surface area contributed by atoms with Crippen LogP contribution >= 0.6 is 0 Å². The Kier molecular flexibility index (Phi) is 3.50. The van der Waals surface area contributed by atoms with Crippen LogP contribution in [0.15, 0.2) is 36.4 Å². The van der Waals surface area contributed by atoms with E-state index in [-0.39, 0.29) is 5.75 Å². The predicted molar refractivity (Wildman–Crippen MR) is 70.6 cm³/mol. The molecule has 0 fully saturated rings. The van der Waals surface area contributed by atoms with E-state index in [0.717, 1.165) is 11.0 Å². The van der Waals surface area contributed by atoms with Gasteiger partial charge in [-0.2, -0.15) is 18.5 Å². The zero-order chi connectivity index (χ0) is 15.9. The average Bonchev–Trinajstić information content (AvgIpc) is 2.46.